The molecule has 0 atom stereocenters. The Labute approximate surface area is 188 Å². The highest BCUT2D eigenvalue weighted by Gasteiger charge is 2.15. The Bertz CT molecular complexity index is 773. The summed E-state index contributed by atoms with van der Waals surface area (Å²) in [6, 6.07) is 3.94. The molecule has 29 heavy (non-hydrogen) atoms. The van der Waals surface area contributed by atoms with E-state index in [0.717, 1.165) is 17.8 Å². The molecular weight excluding hydrogens is 485 g/mol. The van der Waals surface area contributed by atoms with Crippen molar-refractivity contribution in [2.24, 2.45) is 4.99 Å². The fourth-order valence-electron chi connectivity index (χ4n) is 2.31. The first-order valence-electron chi connectivity index (χ1n) is 9.22. The van der Waals surface area contributed by atoms with Gasteiger partial charge in [0, 0.05) is 45.3 Å². The lowest BCUT2D eigenvalue weighted by molar-refractivity contribution is 0.0527. The second kappa shape index (κ2) is 12.2. The van der Waals surface area contributed by atoms with Crippen LogP contribution in [0.5, 0.6) is 0 Å². The van der Waals surface area contributed by atoms with Crippen LogP contribution in [0.15, 0.2) is 42.0 Å². The number of aliphatic imine (C=N–C) groups is 1. The molecule has 2 heterocycles. The van der Waals surface area contributed by atoms with Crippen LogP contribution in [0.1, 0.15) is 32.8 Å². The number of carbonyl (C=O) groups excluding carboxylic acids is 1. The maximum atomic E-state index is 11.6. The monoisotopic (exact) mass is 515 g/mol. The summed E-state index contributed by atoms with van der Waals surface area (Å²) in [6.07, 6.45) is 7.40. The zero-order valence-corrected chi connectivity index (χ0v) is 19.6. The molecule has 0 aliphatic heterocycles. The number of pyridine rings is 1. The summed E-state index contributed by atoms with van der Waals surface area (Å²) < 4.78 is 7.05. The highest BCUT2D eigenvalue weighted by Crippen LogP contribution is 2.07. The molecule has 1 amide bonds. The van der Waals surface area contributed by atoms with Crippen molar-refractivity contribution in [3.05, 3.63) is 42.6 Å². The third kappa shape index (κ3) is 9.59. The van der Waals surface area contributed by atoms with E-state index in [4.69, 9.17) is 4.74 Å². The van der Waals surface area contributed by atoms with Crippen LogP contribution in [0.4, 0.5) is 4.79 Å². The summed E-state index contributed by atoms with van der Waals surface area (Å²) in [5.74, 6) is 1.51. The summed E-state index contributed by atoms with van der Waals surface area (Å²) in [5, 5.41) is 9.22. The zero-order valence-electron chi connectivity index (χ0n) is 17.3. The van der Waals surface area contributed by atoms with E-state index < -0.39 is 11.7 Å². The molecule has 2 aromatic heterocycles. The first kappa shape index (κ1) is 24.7. The molecule has 0 aromatic carbocycles. The number of hydrogen-bond acceptors (Lipinski definition) is 5. The van der Waals surface area contributed by atoms with Crippen LogP contribution < -0.4 is 16.0 Å². The van der Waals surface area contributed by atoms with Gasteiger partial charge in [0.1, 0.15) is 17.7 Å². The molecule has 0 unspecified atom stereocenters. The molecule has 2 rings (SSSR count). The minimum absolute atomic E-state index is 0. The minimum Gasteiger partial charge on any atom is -0.444 e. The molecule has 9 nitrogen and oxygen atoms in total. The molecule has 0 bridgehead atoms. The van der Waals surface area contributed by atoms with E-state index in [1.165, 1.54) is 0 Å². The molecular formula is C19H30IN7O2. The highest BCUT2D eigenvalue weighted by molar-refractivity contribution is 14.0. The first-order chi connectivity index (χ1) is 13.4. The summed E-state index contributed by atoms with van der Waals surface area (Å²) in [4.78, 5) is 24.2. The summed E-state index contributed by atoms with van der Waals surface area (Å²) in [6.45, 7) is 7.32. The van der Waals surface area contributed by atoms with Gasteiger partial charge in [0.2, 0.25) is 0 Å². The Kier molecular flexibility index (Phi) is 10.4. The Hall–Kier alpha value is -2.37. The van der Waals surface area contributed by atoms with Gasteiger partial charge in [-0.15, -0.1) is 24.0 Å². The van der Waals surface area contributed by atoms with E-state index in [2.05, 4.69) is 30.9 Å². The van der Waals surface area contributed by atoms with Crippen molar-refractivity contribution in [1.29, 1.82) is 0 Å². The van der Waals surface area contributed by atoms with Crippen LogP contribution in [0.2, 0.25) is 0 Å². The molecule has 2 aromatic rings. The maximum Gasteiger partial charge on any atom is 0.407 e. The third-order valence-electron chi connectivity index (χ3n) is 3.58. The average Bonchev–Trinajstić information content (AvgIpc) is 3.17. The molecule has 0 saturated heterocycles. The number of nitrogens with zero attached hydrogens (tertiary/aromatic N) is 4. The van der Waals surface area contributed by atoms with Gasteiger partial charge in [-0.2, -0.15) is 0 Å². The number of hydrogen-bond donors (Lipinski definition) is 3. The van der Waals surface area contributed by atoms with Crippen LogP contribution in [-0.2, 0) is 11.3 Å². The number of imidazole rings is 1. The van der Waals surface area contributed by atoms with Crippen molar-refractivity contribution in [3.8, 4) is 5.82 Å². The number of halogens is 1. The third-order valence-corrected chi connectivity index (χ3v) is 3.58. The van der Waals surface area contributed by atoms with E-state index in [9.17, 15) is 4.79 Å². The van der Waals surface area contributed by atoms with Gasteiger partial charge in [-0.25, -0.2) is 14.8 Å². The minimum atomic E-state index is -0.487. The second-order valence-corrected chi connectivity index (χ2v) is 7.13. The largest absolute Gasteiger partial charge is 0.444 e. The smallest absolute Gasteiger partial charge is 0.407 e. The molecule has 0 saturated carbocycles. The number of alkyl carbamates (subject to hydrolysis) is 1. The second-order valence-electron chi connectivity index (χ2n) is 7.13. The van der Waals surface area contributed by atoms with Gasteiger partial charge in [0.15, 0.2) is 5.96 Å². The predicted molar refractivity (Wildman–Crippen MR) is 124 cm³/mol. The number of guanidine groups is 1. The lowest BCUT2D eigenvalue weighted by Gasteiger charge is -2.19. The van der Waals surface area contributed by atoms with Crippen molar-refractivity contribution < 1.29 is 9.53 Å². The molecule has 0 aliphatic rings. The van der Waals surface area contributed by atoms with E-state index in [-0.39, 0.29) is 24.0 Å². The van der Waals surface area contributed by atoms with Gasteiger partial charge in [0.25, 0.3) is 0 Å². The molecule has 10 heteroatoms. The summed E-state index contributed by atoms with van der Waals surface area (Å²) in [5.41, 5.74) is 0.590. The predicted octanol–water partition coefficient (Wildman–Crippen LogP) is 2.47. The van der Waals surface area contributed by atoms with Crippen molar-refractivity contribution in [2.75, 3.05) is 20.1 Å². The van der Waals surface area contributed by atoms with E-state index >= 15 is 0 Å². The number of nitrogens with one attached hydrogen (secondary N) is 3. The van der Waals surface area contributed by atoms with Crippen LogP contribution in [0.25, 0.3) is 5.82 Å². The molecule has 0 fully saturated rings. The van der Waals surface area contributed by atoms with Gasteiger partial charge in [-0.3, -0.25) is 9.56 Å². The van der Waals surface area contributed by atoms with Crippen LogP contribution >= 0.6 is 24.0 Å². The standard InChI is InChI=1S/C19H29N7O2.HI/c1-19(2,3)28-18(27)24-8-5-7-23-17(20-4)25-13-15-6-9-22-16(12-15)26-11-10-21-14-26;/h6,9-12,14H,5,7-8,13H2,1-4H3,(H,24,27)(H2,20,23,25);1H. The average molecular weight is 515 g/mol. The van der Waals surface area contributed by atoms with Crippen molar-refractivity contribution >= 4 is 36.0 Å². The molecule has 0 spiro atoms. The Morgan fingerprint density at radius 1 is 1.21 bits per heavy atom. The molecule has 0 aliphatic carbocycles. The van der Waals surface area contributed by atoms with Crippen LogP contribution in [-0.4, -0.2) is 52.3 Å². The first-order valence-corrected chi connectivity index (χ1v) is 9.22. The molecule has 0 radical (unpaired) electrons. The number of rotatable bonds is 7. The summed E-state index contributed by atoms with van der Waals surface area (Å²) in [7, 11) is 1.72. The lowest BCUT2D eigenvalue weighted by atomic mass is 10.2. The van der Waals surface area contributed by atoms with Crippen LogP contribution in [0.3, 0.4) is 0 Å². The van der Waals surface area contributed by atoms with Gasteiger partial charge >= 0.3 is 6.09 Å². The van der Waals surface area contributed by atoms with E-state index in [1.54, 1.807) is 25.8 Å². The summed E-state index contributed by atoms with van der Waals surface area (Å²) >= 11 is 0. The van der Waals surface area contributed by atoms with Gasteiger partial charge in [-0.05, 0) is 44.9 Å². The molecule has 3 N–H and O–H groups in total. The topological polar surface area (TPSA) is 105 Å². The fraction of sp³-hybridized carbons (Fsp3) is 0.474. The maximum absolute atomic E-state index is 11.6. The van der Waals surface area contributed by atoms with E-state index in [1.807, 2.05) is 43.7 Å². The number of carbonyl (C=O) groups is 1. The van der Waals surface area contributed by atoms with Gasteiger partial charge in [-0.1, -0.05) is 0 Å². The normalized spacial score (nSPS) is 11.4. The van der Waals surface area contributed by atoms with Gasteiger partial charge in [0.05, 0.1) is 0 Å². The molecule has 160 valence electrons. The van der Waals surface area contributed by atoms with Crippen molar-refractivity contribution in [3.63, 3.8) is 0 Å². The van der Waals surface area contributed by atoms with E-state index in [0.29, 0.717) is 25.6 Å². The van der Waals surface area contributed by atoms with Crippen molar-refractivity contribution in [2.45, 2.75) is 39.3 Å². The SMILES string of the molecule is CN=C(NCCCNC(=O)OC(C)(C)C)NCc1ccnc(-n2ccnc2)c1.I. The number of ether oxygens (including phenoxy) is 1. The lowest BCUT2D eigenvalue weighted by Crippen LogP contribution is -2.39. The highest BCUT2D eigenvalue weighted by atomic mass is 127. The van der Waals surface area contributed by atoms with Crippen molar-refractivity contribution in [1.82, 2.24) is 30.5 Å². The Morgan fingerprint density at radius 2 is 1.97 bits per heavy atom. The number of amides is 1. The number of aromatic nitrogens is 3. The van der Waals surface area contributed by atoms with Crippen LogP contribution in [0, 0.1) is 0 Å². The Balaban J connectivity index is 0.00000420. The quantitative estimate of drug-likeness (QED) is 0.227. The Morgan fingerprint density at radius 3 is 2.62 bits per heavy atom. The fourth-order valence-corrected chi connectivity index (χ4v) is 2.31. The zero-order chi connectivity index (χ0) is 20.4. The van der Waals surface area contributed by atoms with Gasteiger partial charge < -0.3 is 20.7 Å².